The van der Waals surface area contributed by atoms with Gasteiger partial charge in [-0.25, -0.2) is 0 Å². The molecule has 0 aromatic rings. The van der Waals surface area contributed by atoms with E-state index in [0.29, 0.717) is 17.9 Å². The van der Waals surface area contributed by atoms with E-state index >= 15 is 0 Å². The molecule has 3 atom stereocenters. The number of carbonyl (C=O) groups excluding carboxylic acids is 1. The van der Waals surface area contributed by atoms with E-state index in [9.17, 15) is 4.79 Å². The van der Waals surface area contributed by atoms with Gasteiger partial charge in [-0.2, -0.15) is 0 Å². The minimum atomic E-state index is 0.0552. The third-order valence-electron chi connectivity index (χ3n) is 4.12. The number of hydrogen-bond acceptors (Lipinski definition) is 2. The Hall–Kier alpha value is -0.570. The first-order valence-corrected chi connectivity index (χ1v) is 7.63. The van der Waals surface area contributed by atoms with Crippen LogP contribution in [0.1, 0.15) is 59.8 Å². The predicted octanol–water partition coefficient (Wildman–Crippen LogP) is 2.80. The second-order valence-electron chi connectivity index (χ2n) is 5.78. The molecule has 1 rings (SSSR count). The second kappa shape index (κ2) is 7.78. The molecule has 0 aromatic heterocycles. The molecule has 1 heterocycles. The van der Waals surface area contributed by atoms with Gasteiger partial charge in [-0.05, 0) is 45.1 Å². The molecule has 0 radical (unpaired) electrons. The maximum absolute atomic E-state index is 12.6. The molecule has 1 N–H and O–H groups in total. The highest BCUT2D eigenvalue weighted by Gasteiger charge is 2.29. The second-order valence-corrected chi connectivity index (χ2v) is 5.78. The number of nitrogens with zero attached hydrogens (tertiary/aromatic N) is 1. The monoisotopic (exact) mass is 254 g/mol. The van der Waals surface area contributed by atoms with Gasteiger partial charge in [0.05, 0.1) is 6.04 Å². The first kappa shape index (κ1) is 15.5. The van der Waals surface area contributed by atoms with Crippen molar-refractivity contribution in [1.29, 1.82) is 0 Å². The number of hydrogen-bond donors (Lipinski definition) is 1. The zero-order chi connectivity index (χ0) is 13.5. The molecule has 0 bridgehead atoms. The van der Waals surface area contributed by atoms with E-state index in [1.807, 2.05) is 0 Å². The van der Waals surface area contributed by atoms with E-state index in [1.165, 1.54) is 6.42 Å². The van der Waals surface area contributed by atoms with Crippen molar-refractivity contribution in [3.05, 3.63) is 0 Å². The average molecular weight is 254 g/mol. The lowest BCUT2D eigenvalue weighted by Crippen LogP contribution is -2.52. The Bertz CT molecular complexity index is 255. The summed E-state index contributed by atoms with van der Waals surface area (Å²) in [5.74, 6) is 0.995. The minimum Gasteiger partial charge on any atom is -0.339 e. The van der Waals surface area contributed by atoms with Crippen molar-refractivity contribution in [2.24, 2.45) is 5.92 Å². The molecule has 3 unspecified atom stereocenters. The number of nitrogens with one attached hydrogen (secondary N) is 1. The Morgan fingerprint density at radius 3 is 2.72 bits per heavy atom. The van der Waals surface area contributed by atoms with Crippen LogP contribution >= 0.6 is 0 Å². The number of rotatable bonds is 6. The number of unbranched alkanes of at least 4 members (excludes halogenated alkanes) is 1. The number of piperidine rings is 1. The van der Waals surface area contributed by atoms with Crippen molar-refractivity contribution in [1.82, 2.24) is 10.2 Å². The van der Waals surface area contributed by atoms with Crippen LogP contribution in [0.2, 0.25) is 0 Å². The lowest BCUT2D eigenvalue weighted by molar-refractivity contribution is -0.136. The van der Waals surface area contributed by atoms with E-state index < -0.39 is 0 Å². The predicted molar refractivity (Wildman–Crippen MR) is 76.6 cm³/mol. The Morgan fingerprint density at radius 2 is 2.17 bits per heavy atom. The van der Waals surface area contributed by atoms with Gasteiger partial charge in [0.2, 0.25) is 5.91 Å². The molecular formula is C15H30N2O. The smallest absolute Gasteiger partial charge is 0.239 e. The van der Waals surface area contributed by atoms with Crippen LogP contribution in [-0.4, -0.2) is 36.0 Å². The molecule has 106 valence electrons. The summed E-state index contributed by atoms with van der Waals surface area (Å²) < 4.78 is 0. The highest BCUT2D eigenvalue weighted by molar-refractivity contribution is 5.82. The Labute approximate surface area is 112 Å². The standard InChI is InChI=1S/C15H30N2O/c1-5-7-10-17(13(4)6-2)15(18)14-11-12(3)8-9-16-14/h12-14,16H,5-11H2,1-4H3. The van der Waals surface area contributed by atoms with Crippen LogP contribution in [0.4, 0.5) is 0 Å². The third kappa shape index (κ3) is 4.27. The third-order valence-corrected chi connectivity index (χ3v) is 4.12. The van der Waals surface area contributed by atoms with E-state index in [4.69, 9.17) is 0 Å². The summed E-state index contributed by atoms with van der Waals surface area (Å²) in [5.41, 5.74) is 0. The molecule has 1 fully saturated rings. The molecule has 1 aliphatic heterocycles. The van der Waals surface area contributed by atoms with Crippen LogP contribution in [-0.2, 0) is 4.79 Å². The van der Waals surface area contributed by atoms with E-state index in [2.05, 4.69) is 37.9 Å². The maximum Gasteiger partial charge on any atom is 0.239 e. The summed E-state index contributed by atoms with van der Waals surface area (Å²) in [6.45, 7) is 10.7. The van der Waals surface area contributed by atoms with Crippen LogP contribution < -0.4 is 5.32 Å². The van der Waals surface area contributed by atoms with Gasteiger partial charge in [0.15, 0.2) is 0 Å². The number of amides is 1. The lowest BCUT2D eigenvalue weighted by atomic mass is 9.93. The Kier molecular flexibility index (Phi) is 6.69. The first-order valence-electron chi connectivity index (χ1n) is 7.63. The first-order chi connectivity index (χ1) is 8.60. The van der Waals surface area contributed by atoms with Crippen LogP contribution in [0.25, 0.3) is 0 Å². The molecule has 0 saturated carbocycles. The van der Waals surface area contributed by atoms with Gasteiger partial charge in [0.25, 0.3) is 0 Å². The fourth-order valence-electron chi connectivity index (χ4n) is 2.59. The fraction of sp³-hybridized carbons (Fsp3) is 0.933. The molecule has 3 heteroatoms. The van der Waals surface area contributed by atoms with Crippen LogP contribution in [0.3, 0.4) is 0 Å². The van der Waals surface area contributed by atoms with Crippen molar-refractivity contribution >= 4 is 5.91 Å². The number of carbonyl (C=O) groups is 1. The van der Waals surface area contributed by atoms with E-state index in [-0.39, 0.29) is 6.04 Å². The van der Waals surface area contributed by atoms with Crippen LogP contribution in [0, 0.1) is 5.92 Å². The summed E-state index contributed by atoms with van der Waals surface area (Å²) in [6.07, 6.45) is 5.49. The highest BCUT2D eigenvalue weighted by atomic mass is 16.2. The summed E-state index contributed by atoms with van der Waals surface area (Å²) >= 11 is 0. The molecule has 1 amide bonds. The molecule has 1 aliphatic rings. The van der Waals surface area contributed by atoms with Gasteiger partial charge in [0, 0.05) is 12.6 Å². The zero-order valence-electron chi connectivity index (χ0n) is 12.5. The Balaban J connectivity index is 2.62. The van der Waals surface area contributed by atoms with Crippen molar-refractivity contribution in [2.45, 2.75) is 71.9 Å². The molecule has 0 spiro atoms. The van der Waals surface area contributed by atoms with Crippen LogP contribution in [0.5, 0.6) is 0 Å². The van der Waals surface area contributed by atoms with Crippen LogP contribution in [0.15, 0.2) is 0 Å². The zero-order valence-corrected chi connectivity index (χ0v) is 12.5. The molecule has 1 saturated heterocycles. The Morgan fingerprint density at radius 1 is 1.44 bits per heavy atom. The quantitative estimate of drug-likeness (QED) is 0.790. The van der Waals surface area contributed by atoms with Crippen molar-refractivity contribution in [2.75, 3.05) is 13.1 Å². The van der Waals surface area contributed by atoms with Crippen molar-refractivity contribution in [3.63, 3.8) is 0 Å². The highest BCUT2D eigenvalue weighted by Crippen LogP contribution is 2.18. The lowest BCUT2D eigenvalue weighted by Gasteiger charge is -2.35. The molecule has 18 heavy (non-hydrogen) atoms. The van der Waals surface area contributed by atoms with E-state index in [1.54, 1.807) is 0 Å². The average Bonchev–Trinajstić information content (AvgIpc) is 2.38. The van der Waals surface area contributed by atoms with Gasteiger partial charge < -0.3 is 10.2 Å². The van der Waals surface area contributed by atoms with E-state index in [0.717, 1.165) is 38.8 Å². The molecular weight excluding hydrogens is 224 g/mol. The van der Waals surface area contributed by atoms with Gasteiger partial charge in [-0.1, -0.05) is 27.2 Å². The fourth-order valence-corrected chi connectivity index (χ4v) is 2.59. The summed E-state index contributed by atoms with van der Waals surface area (Å²) in [7, 11) is 0. The molecule has 3 nitrogen and oxygen atoms in total. The van der Waals surface area contributed by atoms with Crippen molar-refractivity contribution in [3.8, 4) is 0 Å². The van der Waals surface area contributed by atoms with Gasteiger partial charge in [-0.3, -0.25) is 4.79 Å². The molecule has 0 aromatic carbocycles. The summed E-state index contributed by atoms with van der Waals surface area (Å²) in [4.78, 5) is 14.7. The van der Waals surface area contributed by atoms with Crippen molar-refractivity contribution < 1.29 is 4.79 Å². The SMILES string of the molecule is CCCCN(C(=O)C1CC(C)CCN1)C(C)CC. The van der Waals surface area contributed by atoms with Gasteiger partial charge in [-0.15, -0.1) is 0 Å². The largest absolute Gasteiger partial charge is 0.339 e. The molecule has 0 aliphatic carbocycles. The summed E-state index contributed by atoms with van der Waals surface area (Å²) in [6, 6.07) is 0.419. The summed E-state index contributed by atoms with van der Waals surface area (Å²) in [5, 5.41) is 3.39. The van der Waals surface area contributed by atoms with Gasteiger partial charge >= 0.3 is 0 Å². The topological polar surface area (TPSA) is 32.3 Å². The normalized spacial score (nSPS) is 25.8. The minimum absolute atomic E-state index is 0.0552. The van der Waals surface area contributed by atoms with Gasteiger partial charge in [0.1, 0.15) is 0 Å². The maximum atomic E-state index is 12.6.